The molecule has 0 saturated carbocycles. The summed E-state index contributed by atoms with van der Waals surface area (Å²) in [6.07, 6.45) is 3.48. The lowest BCUT2D eigenvalue weighted by molar-refractivity contribution is -0.117. The Morgan fingerprint density at radius 3 is 2.67 bits per heavy atom. The van der Waals surface area contributed by atoms with Gasteiger partial charge in [0.1, 0.15) is 11.6 Å². The first kappa shape index (κ1) is 14.7. The predicted molar refractivity (Wildman–Crippen MR) is 81.4 cm³/mol. The molecule has 0 bridgehead atoms. The largest absolute Gasteiger partial charge is 0.496 e. The van der Waals surface area contributed by atoms with Gasteiger partial charge in [0.2, 0.25) is 0 Å². The van der Waals surface area contributed by atoms with Crippen molar-refractivity contribution in [2.24, 2.45) is 10.7 Å². The fraction of sp³-hybridized carbons (Fsp3) is 0.188. The number of methoxy groups -OCH3 is 1. The number of nitrogens with zero attached hydrogens (tertiary/aromatic N) is 2. The van der Waals surface area contributed by atoms with E-state index in [1.807, 2.05) is 19.1 Å². The SMILES string of the molecule is COc1cc(C(N)=NC(=O)Cc2ccncc2)ccc1C. The van der Waals surface area contributed by atoms with Gasteiger partial charge >= 0.3 is 0 Å². The Morgan fingerprint density at radius 1 is 1.29 bits per heavy atom. The first-order valence-corrected chi connectivity index (χ1v) is 6.51. The van der Waals surface area contributed by atoms with E-state index >= 15 is 0 Å². The van der Waals surface area contributed by atoms with E-state index in [4.69, 9.17) is 10.5 Å². The zero-order valence-electron chi connectivity index (χ0n) is 12.0. The van der Waals surface area contributed by atoms with Crippen LogP contribution in [-0.4, -0.2) is 23.8 Å². The van der Waals surface area contributed by atoms with Crippen LogP contribution in [0.1, 0.15) is 16.7 Å². The van der Waals surface area contributed by atoms with Gasteiger partial charge in [-0.05, 0) is 36.2 Å². The van der Waals surface area contributed by atoms with Crippen molar-refractivity contribution in [3.8, 4) is 5.75 Å². The first-order valence-electron chi connectivity index (χ1n) is 6.51. The lowest BCUT2D eigenvalue weighted by Gasteiger charge is -2.07. The summed E-state index contributed by atoms with van der Waals surface area (Å²) < 4.78 is 5.23. The molecule has 21 heavy (non-hydrogen) atoms. The minimum Gasteiger partial charge on any atom is -0.496 e. The lowest BCUT2D eigenvalue weighted by Crippen LogP contribution is -2.16. The molecule has 2 N–H and O–H groups in total. The number of nitrogens with two attached hydrogens (primary N) is 1. The molecule has 1 amide bonds. The maximum absolute atomic E-state index is 11.9. The van der Waals surface area contributed by atoms with Crippen LogP contribution in [0, 0.1) is 6.92 Å². The average Bonchev–Trinajstić information content (AvgIpc) is 2.48. The predicted octanol–water partition coefficient (Wildman–Crippen LogP) is 1.87. The number of aromatic nitrogens is 1. The highest BCUT2D eigenvalue weighted by Gasteiger charge is 2.07. The monoisotopic (exact) mass is 283 g/mol. The molecule has 5 heteroatoms. The number of hydrogen-bond donors (Lipinski definition) is 1. The van der Waals surface area contributed by atoms with Crippen molar-refractivity contribution >= 4 is 11.7 Å². The van der Waals surface area contributed by atoms with Gasteiger partial charge in [0, 0.05) is 18.0 Å². The summed E-state index contributed by atoms with van der Waals surface area (Å²) >= 11 is 0. The van der Waals surface area contributed by atoms with Crippen LogP contribution in [0.3, 0.4) is 0 Å². The van der Waals surface area contributed by atoms with Crippen LogP contribution in [0.15, 0.2) is 47.7 Å². The zero-order valence-corrected chi connectivity index (χ0v) is 12.0. The van der Waals surface area contributed by atoms with Crippen LogP contribution in [0.2, 0.25) is 0 Å². The number of amidine groups is 1. The second-order valence-electron chi connectivity index (χ2n) is 4.61. The quantitative estimate of drug-likeness (QED) is 0.686. The Bertz CT molecular complexity index is 666. The maximum atomic E-state index is 11.9. The van der Waals surface area contributed by atoms with Gasteiger partial charge in [-0.2, -0.15) is 4.99 Å². The number of aryl methyl sites for hydroxylation is 1. The molecule has 5 nitrogen and oxygen atoms in total. The standard InChI is InChI=1S/C16H17N3O2/c1-11-3-4-13(10-14(11)21-2)16(17)19-15(20)9-12-5-7-18-8-6-12/h3-8,10H,9H2,1-2H3,(H2,17,19,20). The molecule has 2 aromatic rings. The number of hydrogen-bond acceptors (Lipinski definition) is 3. The molecular weight excluding hydrogens is 266 g/mol. The minimum absolute atomic E-state index is 0.187. The van der Waals surface area contributed by atoms with Gasteiger partial charge in [-0.1, -0.05) is 12.1 Å². The van der Waals surface area contributed by atoms with Crippen molar-refractivity contribution in [3.63, 3.8) is 0 Å². The third-order valence-corrected chi connectivity index (χ3v) is 3.05. The second kappa shape index (κ2) is 6.65. The van der Waals surface area contributed by atoms with E-state index < -0.39 is 0 Å². The van der Waals surface area contributed by atoms with E-state index in [0.29, 0.717) is 11.3 Å². The van der Waals surface area contributed by atoms with E-state index in [2.05, 4.69) is 9.98 Å². The summed E-state index contributed by atoms with van der Waals surface area (Å²) in [5.74, 6) is 0.609. The minimum atomic E-state index is -0.293. The highest BCUT2D eigenvalue weighted by Crippen LogP contribution is 2.18. The molecule has 2 rings (SSSR count). The van der Waals surface area contributed by atoms with Crippen LogP contribution in [0.4, 0.5) is 0 Å². The van der Waals surface area contributed by atoms with Gasteiger partial charge in [0.05, 0.1) is 13.5 Å². The number of carbonyl (C=O) groups is 1. The van der Waals surface area contributed by atoms with E-state index in [1.165, 1.54) is 0 Å². The Hall–Kier alpha value is -2.69. The van der Waals surface area contributed by atoms with Crippen LogP contribution < -0.4 is 10.5 Å². The summed E-state index contributed by atoms with van der Waals surface area (Å²) in [5, 5.41) is 0. The Labute approximate surface area is 123 Å². The normalized spacial score (nSPS) is 11.2. The number of pyridine rings is 1. The van der Waals surface area contributed by atoms with Crippen molar-refractivity contribution in [2.75, 3.05) is 7.11 Å². The highest BCUT2D eigenvalue weighted by atomic mass is 16.5. The molecule has 0 aliphatic heterocycles. The van der Waals surface area contributed by atoms with E-state index in [-0.39, 0.29) is 18.2 Å². The lowest BCUT2D eigenvalue weighted by atomic mass is 10.1. The number of rotatable bonds is 4. The molecule has 0 aliphatic rings. The number of ether oxygens (including phenoxy) is 1. The molecule has 0 aliphatic carbocycles. The second-order valence-corrected chi connectivity index (χ2v) is 4.61. The highest BCUT2D eigenvalue weighted by molar-refractivity contribution is 6.04. The first-order chi connectivity index (χ1) is 10.1. The van der Waals surface area contributed by atoms with Gasteiger partial charge in [-0.15, -0.1) is 0 Å². The fourth-order valence-corrected chi connectivity index (χ4v) is 1.89. The summed E-state index contributed by atoms with van der Waals surface area (Å²) in [5.41, 5.74) is 8.40. The Balaban J connectivity index is 2.15. The topological polar surface area (TPSA) is 77.6 Å². The van der Waals surface area contributed by atoms with Gasteiger partial charge in [0.25, 0.3) is 5.91 Å². The van der Waals surface area contributed by atoms with Gasteiger partial charge in [-0.3, -0.25) is 9.78 Å². The Morgan fingerprint density at radius 2 is 2.00 bits per heavy atom. The molecule has 1 heterocycles. The number of carbonyl (C=O) groups excluding carboxylic acids is 1. The van der Waals surface area contributed by atoms with E-state index in [0.717, 1.165) is 11.1 Å². The fourth-order valence-electron chi connectivity index (χ4n) is 1.89. The summed E-state index contributed by atoms with van der Waals surface area (Å²) in [6.45, 7) is 1.94. The molecule has 0 spiro atoms. The number of aliphatic imine (C=N–C) groups is 1. The summed E-state index contributed by atoms with van der Waals surface area (Å²) in [7, 11) is 1.59. The van der Waals surface area contributed by atoms with Crippen LogP contribution in [0.25, 0.3) is 0 Å². The molecule has 0 radical (unpaired) electrons. The maximum Gasteiger partial charge on any atom is 0.252 e. The van der Waals surface area contributed by atoms with Crippen molar-refractivity contribution in [3.05, 3.63) is 59.4 Å². The molecule has 0 atom stereocenters. The summed E-state index contributed by atoms with van der Waals surface area (Å²) in [4.78, 5) is 19.7. The van der Waals surface area contributed by atoms with Crippen molar-refractivity contribution in [1.82, 2.24) is 4.98 Å². The third-order valence-electron chi connectivity index (χ3n) is 3.05. The van der Waals surface area contributed by atoms with Crippen LogP contribution in [0.5, 0.6) is 5.75 Å². The molecular formula is C16H17N3O2. The van der Waals surface area contributed by atoms with Crippen molar-refractivity contribution in [1.29, 1.82) is 0 Å². The van der Waals surface area contributed by atoms with Crippen molar-refractivity contribution in [2.45, 2.75) is 13.3 Å². The number of benzene rings is 1. The average molecular weight is 283 g/mol. The van der Waals surface area contributed by atoms with Crippen molar-refractivity contribution < 1.29 is 9.53 Å². The summed E-state index contributed by atoms with van der Waals surface area (Å²) in [6, 6.07) is 9.02. The smallest absolute Gasteiger partial charge is 0.252 e. The number of amides is 1. The van der Waals surface area contributed by atoms with Crippen LogP contribution >= 0.6 is 0 Å². The van der Waals surface area contributed by atoms with Gasteiger partial charge < -0.3 is 10.5 Å². The molecule has 0 saturated heterocycles. The zero-order chi connectivity index (χ0) is 15.2. The molecule has 1 aromatic carbocycles. The van der Waals surface area contributed by atoms with Gasteiger partial charge in [0.15, 0.2) is 0 Å². The van der Waals surface area contributed by atoms with Gasteiger partial charge in [-0.25, -0.2) is 0 Å². The molecule has 108 valence electrons. The Kier molecular flexibility index (Phi) is 4.66. The van der Waals surface area contributed by atoms with Crippen LogP contribution in [-0.2, 0) is 11.2 Å². The molecule has 0 fully saturated rings. The molecule has 1 aromatic heterocycles. The van der Waals surface area contributed by atoms with E-state index in [1.54, 1.807) is 37.7 Å². The van der Waals surface area contributed by atoms with E-state index in [9.17, 15) is 4.79 Å². The molecule has 0 unspecified atom stereocenters. The third kappa shape index (κ3) is 3.89.